The van der Waals surface area contributed by atoms with Gasteiger partial charge in [0.15, 0.2) is 0 Å². The summed E-state index contributed by atoms with van der Waals surface area (Å²) in [4.78, 5) is 41.6. The molecule has 2 aliphatic heterocycles. The summed E-state index contributed by atoms with van der Waals surface area (Å²) in [7, 11) is 1.73. The van der Waals surface area contributed by atoms with E-state index in [4.69, 9.17) is 4.74 Å². The largest absolute Gasteiger partial charge is 0.494 e. The molecule has 0 aromatic heterocycles. The summed E-state index contributed by atoms with van der Waals surface area (Å²) in [6, 6.07) is 14.5. The van der Waals surface area contributed by atoms with Gasteiger partial charge in [0.2, 0.25) is 0 Å². The van der Waals surface area contributed by atoms with E-state index in [1.54, 1.807) is 42.4 Å². The summed E-state index contributed by atoms with van der Waals surface area (Å²) in [6.07, 6.45) is 1.61. The van der Waals surface area contributed by atoms with Crippen LogP contribution in [0.1, 0.15) is 12.5 Å². The minimum atomic E-state index is -0.709. The number of rotatable bonds is 6. The maximum Gasteiger partial charge on any atom is 0.325 e. The molecule has 0 bridgehead atoms. The van der Waals surface area contributed by atoms with Gasteiger partial charge in [-0.05, 0) is 36.8 Å². The molecule has 2 aromatic rings. The first-order valence-corrected chi connectivity index (χ1v) is 10.1. The number of ether oxygens (including phenoxy) is 1. The van der Waals surface area contributed by atoms with Crippen molar-refractivity contribution in [2.24, 2.45) is 0 Å². The molecule has 160 valence electrons. The molecule has 4 amide bonds. The van der Waals surface area contributed by atoms with Crippen LogP contribution in [0, 0.1) is 0 Å². The highest BCUT2D eigenvalue weighted by molar-refractivity contribution is 6.09. The number of nitrogens with one attached hydrogen (secondary N) is 2. The number of fused-ring (bicyclic) bond motifs is 1. The fraction of sp³-hybridized carbons (Fsp3) is 0.261. The Kier molecular flexibility index (Phi) is 5.62. The Balaban J connectivity index is 1.47. The van der Waals surface area contributed by atoms with E-state index in [1.165, 1.54) is 4.90 Å². The monoisotopic (exact) mass is 420 g/mol. The molecule has 2 aromatic carbocycles. The molecule has 0 saturated carbocycles. The van der Waals surface area contributed by atoms with E-state index in [2.05, 4.69) is 10.6 Å². The molecular formula is C23H24N4O4. The molecule has 4 rings (SSSR count). The summed E-state index contributed by atoms with van der Waals surface area (Å²) in [6.45, 7) is 2.63. The number of benzene rings is 2. The number of anilines is 1. The van der Waals surface area contributed by atoms with Crippen LogP contribution in [0.3, 0.4) is 0 Å². The summed E-state index contributed by atoms with van der Waals surface area (Å²) in [5, 5.41) is 5.65. The van der Waals surface area contributed by atoms with Gasteiger partial charge in [-0.15, -0.1) is 0 Å². The first-order chi connectivity index (χ1) is 15.0. The third-order valence-electron chi connectivity index (χ3n) is 5.34. The maximum atomic E-state index is 13.1. The number of likely N-dealkylation sites (N-methyl/N-ethyl adjacent to an activating group) is 1. The minimum absolute atomic E-state index is 0.177. The lowest BCUT2D eigenvalue weighted by Crippen LogP contribution is -2.64. The zero-order valence-corrected chi connectivity index (χ0v) is 17.4. The molecule has 1 saturated heterocycles. The van der Waals surface area contributed by atoms with E-state index < -0.39 is 18.1 Å². The van der Waals surface area contributed by atoms with Crippen molar-refractivity contribution in [2.45, 2.75) is 25.6 Å². The molecule has 31 heavy (non-hydrogen) atoms. The highest BCUT2D eigenvalue weighted by Gasteiger charge is 2.49. The smallest absolute Gasteiger partial charge is 0.325 e. The fourth-order valence-corrected chi connectivity index (χ4v) is 3.85. The van der Waals surface area contributed by atoms with Crippen LogP contribution in [-0.2, 0) is 16.1 Å². The van der Waals surface area contributed by atoms with Gasteiger partial charge in [-0.1, -0.05) is 30.3 Å². The zero-order chi connectivity index (χ0) is 22.0. The lowest BCUT2D eigenvalue weighted by molar-refractivity contribution is -0.134. The van der Waals surface area contributed by atoms with Gasteiger partial charge in [-0.3, -0.25) is 14.5 Å². The molecule has 0 spiro atoms. The summed E-state index contributed by atoms with van der Waals surface area (Å²) in [5.74, 6) is 0.0114. The van der Waals surface area contributed by atoms with Crippen molar-refractivity contribution in [1.29, 1.82) is 0 Å². The van der Waals surface area contributed by atoms with Crippen molar-refractivity contribution < 1.29 is 19.1 Å². The van der Waals surface area contributed by atoms with E-state index >= 15 is 0 Å². The van der Waals surface area contributed by atoms with Gasteiger partial charge in [0.1, 0.15) is 11.8 Å². The van der Waals surface area contributed by atoms with E-state index in [0.29, 0.717) is 23.6 Å². The van der Waals surface area contributed by atoms with Crippen LogP contribution >= 0.6 is 0 Å². The maximum absolute atomic E-state index is 13.1. The lowest BCUT2D eigenvalue weighted by Gasteiger charge is -2.37. The average Bonchev–Trinajstić information content (AvgIpc) is 3.09. The molecule has 8 heteroatoms. The van der Waals surface area contributed by atoms with Crippen molar-refractivity contribution >= 4 is 23.5 Å². The Morgan fingerprint density at radius 2 is 1.81 bits per heavy atom. The molecule has 2 atom stereocenters. The average molecular weight is 420 g/mol. The predicted molar refractivity (Wildman–Crippen MR) is 115 cm³/mol. The van der Waals surface area contributed by atoms with Crippen LogP contribution in [0.25, 0.3) is 0 Å². The molecule has 0 radical (unpaired) electrons. The second-order valence-electron chi connectivity index (χ2n) is 7.44. The Morgan fingerprint density at radius 1 is 1.10 bits per heavy atom. The van der Waals surface area contributed by atoms with Crippen LogP contribution in [0.15, 0.2) is 66.4 Å². The van der Waals surface area contributed by atoms with Crippen LogP contribution < -0.4 is 15.4 Å². The lowest BCUT2D eigenvalue weighted by atomic mass is 9.99. The van der Waals surface area contributed by atoms with Crippen molar-refractivity contribution in [1.82, 2.24) is 15.1 Å². The van der Waals surface area contributed by atoms with Crippen molar-refractivity contribution in [3.8, 4) is 5.75 Å². The van der Waals surface area contributed by atoms with Gasteiger partial charge in [-0.2, -0.15) is 0 Å². The minimum Gasteiger partial charge on any atom is -0.494 e. The zero-order valence-electron chi connectivity index (χ0n) is 17.4. The number of hydrogen-bond donors (Lipinski definition) is 2. The van der Waals surface area contributed by atoms with Crippen LogP contribution in [0.5, 0.6) is 5.75 Å². The first kappa shape index (κ1) is 20.5. The Hall–Kier alpha value is -3.81. The molecule has 2 N–H and O–H groups in total. The third kappa shape index (κ3) is 4.09. The number of amides is 4. The Bertz CT molecular complexity index is 1020. The number of hydrogen-bond acceptors (Lipinski definition) is 5. The number of carbonyl (C=O) groups excluding carboxylic acids is 3. The standard InChI is InChI=1S/C23H24N4O4/c1-3-31-17-11-9-16(10-12-17)24-21(28)18-14-26(2)20-19(18)25-23(30)27(22(20)29)13-15-7-5-4-6-8-15/h4-12,14,19-20H,3,13H2,1-2H3,(H,24,28)(H,25,30). The number of imide groups is 1. The topological polar surface area (TPSA) is 91.0 Å². The highest BCUT2D eigenvalue weighted by atomic mass is 16.5. The van der Waals surface area contributed by atoms with E-state index in [9.17, 15) is 14.4 Å². The first-order valence-electron chi connectivity index (χ1n) is 10.1. The predicted octanol–water partition coefficient (Wildman–Crippen LogP) is 2.34. The molecule has 1 fully saturated rings. The Morgan fingerprint density at radius 3 is 2.48 bits per heavy atom. The highest BCUT2D eigenvalue weighted by Crippen LogP contribution is 2.28. The Labute approximate surface area is 180 Å². The van der Waals surface area contributed by atoms with Gasteiger partial charge in [-0.25, -0.2) is 4.79 Å². The SMILES string of the molecule is CCOc1ccc(NC(=O)C2=CN(C)C3C(=O)N(Cc4ccccc4)C(=O)NC23)cc1. The second kappa shape index (κ2) is 8.51. The quantitative estimate of drug-likeness (QED) is 0.749. The third-order valence-corrected chi connectivity index (χ3v) is 5.34. The van der Waals surface area contributed by atoms with E-state index in [-0.39, 0.29) is 18.4 Å². The molecule has 2 heterocycles. The van der Waals surface area contributed by atoms with Crippen molar-refractivity contribution in [2.75, 3.05) is 19.0 Å². The van der Waals surface area contributed by atoms with Gasteiger partial charge < -0.3 is 20.3 Å². The number of urea groups is 1. The van der Waals surface area contributed by atoms with Crippen molar-refractivity contribution in [3.05, 3.63) is 71.9 Å². The van der Waals surface area contributed by atoms with Crippen LogP contribution in [0.2, 0.25) is 0 Å². The van der Waals surface area contributed by atoms with E-state index in [1.807, 2.05) is 37.3 Å². The van der Waals surface area contributed by atoms with Gasteiger partial charge in [0, 0.05) is 18.9 Å². The van der Waals surface area contributed by atoms with E-state index in [0.717, 1.165) is 5.56 Å². The van der Waals surface area contributed by atoms with Gasteiger partial charge >= 0.3 is 6.03 Å². The molecule has 2 unspecified atom stereocenters. The normalized spacial score (nSPS) is 20.1. The second-order valence-corrected chi connectivity index (χ2v) is 7.44. The van der Waals surface area contributed by atoms with Gasteiger partial charge in [0.25, 0.3) is 11.8 Å². The molecular weight excluding hydrogens is 396 g/mol. The van der Waals surface area contributed by atoms with Crippen LogP contribution in [-0.4, -0.2) is 53.4 Å². The van der Waals surface area contributed by atoms with Crippen LogP contribution in [0.4, 0.5) is 10.5 Å². The molecule has 8 nitrogen and oxygen atoms in total. The number of carbonyl (C=O) groups is 3. The molecule has 0 aliphatic carbocycles. The van der Waals surface area contributed by atoms with Gasteiger partial charge in [0.05, 0.1) is 24.8 Å². The summed E-state index contributed by atoms with van der Waals surface area (Å²) < 4.78 is 5.41. The molecule has 2 aliphatic rings. The summed E-state index contributed by atoms with van der Waals surface area (Å²) in [5.41, 5.74) is 1.79. The number of nitrogens with zero attached hydrogens (tertiary/aromatic N) is 2. The summed E-state index contributed by atoms with van der Waals surface area (Å²) >= 11 is 0. The fourth-order valence-electron chi connectivity index (χ4n) is 3.85. The van der Waals surface area contributed by atoms with Crippen molar-refractivity contribution in [3.63, 3.8) is 0 Å².